The number of aromatic hydroxyl groups is 1. The molecule has 0 aliphatic carbocycles. The molecule has 1 fully saturated rings. The number of benzene rings is 2. The molecule has 156 valence electrons. The van der Waals surface area contributed by atoms with Crippen molar-refractivity contribution in [3.63, 3.8) is 0 Å². The summed E-state index contributed by atoms with van der Waals surface area (Å²) in [5, 5.41) is 17.0. The molecule has 2 aromatic rings. The van der Waals surface area contributed by atoms with E-state index in [2.05, 4.69) is 57.8 Å². The molecular formula is C23H32N4O2. The number of ether oxygens (including phenoxy) is 1. The van der Waals surface area contributed by atoms with Crippen LogP contribution in [0.3, 0.4) is 0 Å². The molecular weight excluding hydrogens is 364 g/mol. The van der Waals surface area contributed by atoms with Gasteiger partial charge in [0.25, 0.3) is 0 Å². The Balaban J connectivity index is 1.46. The monoisotopic (exact) mass is 396 g/mol. The maximum atomic E-state index is 10.1. The summed E-state index contributed by atoms with van der Waals surface area (Å²) >= 11 is 0. The minimum absolute atomic E-state index is 0.260. The van der Waals surface area contributed by atoms with Gasteiger partial charge in [0.1, 0.15) is 11.5 Å². The van der Waals surface area contributed by atoms with E-state index in [0.717, 1.165) is 31.0 Å². The molecule has 29 heavy (non-hydrogen) atoms. The van der Waals surface area contributed by atoms with Gasteiger partial charge in [-0.05, 0) is 37.0 Å². The van der Waals surface area contributed by atoms with Crippen LogP contribution in [0.4, 0.5) is 0 Å². The summed E-state index contributed by atoms with van der Waals surface area (Å²) in [5.74, 6) is 1.72. The number of hydrogen-bond donors (Lipinski definition) is 3. The minimum Gasteiger partial charge on any atom is -0.508 e. The normalized spacial score (nSPS) is 19.9. The maximum absolute atomic E-state index is 10.1. The fraction of sp³-hybridized carbons (Fsp3) is 0.435. The Morgan fingerprint density at radius 3 is 2.72 bits per heavy atom. The molecule has 0 bridgehead atoms. The molecule has 2 atom stereocenters. The molecule has 1 saturated heterocycles. The molecule has 3 rings (SSSR count). The number of nitrogens with one attached hydrogen (secondary N) is 2. The fourth-order valence-corrected chi connectivity index (χ4v) is 3.83. The van der Waals surface area contributed by atoms with Crippen LogP contribution in [-0.4, -0.2) is 55.3 Å². The molecule has 1 aliphatic rings. The summed E-state index contributed by atoms with van der Waals surface area (Å²) in [6.07, 6.45) is 1.80. The van der Waals surface area contributed by atoms with Crippen molar-refractivity contribution in [3.05, 3.63) is 59.7 Å². The highest BCUT2D eigenvalue weighted by Gasteiger charge is 2.29. The van der Waals surface area contributed by atoms with E-state index in [-0.39, 0.29) is 5.75 Å². The number of hydrogen-bond acceptors (Lipinski definition) is 4. The number of likely N-dealkylation sites (tertiary alicyclic amines) is 1. The second kappa shape index (κ2) is 10.2. The molecule has 0 aromatic heterocycles. The maximum Gasteiger partial charge on any atom is 0.191 e. The average molecular weight is 397 g/mol. The number of phenolic OH excluding ortho intramolecular Hbond substituents is 1. The van der Waals surface area contributed by atoms with Crippen LogP contribution in [0.5, 0.6) is 11.5 Å². The van der Waals surface area contributed by atoms with E-state index in [1.54, 1.807) is 20.2 Å². The Labute approximate surface area is 173 Å². The Kier molecular flexibility index (Phi) is 7.36. The van der Waals surface area contributed by atoms with E-state index in [1.807, 2.05) is 12.1 Å². The van der Waals surface area contributed by atoms with Crippen molar-refractivity contribution < 1.29 is 9.84 Å². The van der Waals surface area contributed by atoms with Crippen LogP contribution in [0, 0.1) is 0 Å². The van der Waals surface area contributed by atoms with Crippen LogP contribution in [0.25, 0.3) is 0 Å². The number of guanidine groups is 1. The molecule has 1 aliphatic heterocycles. The molecule has 6 nitrogen and oxygen atoms in total. The average Bonchev–Trinajstić information content (AvgIpc) is 3.07. The number of methoxy groups -OCH3 is 1. The zero-order valence-electron chi connectivity index (χ0n) is 17.6. The van der Waals surface area contributed by atoms with Gasteiger partial charge < -0.3 is 20.5 Å². The number of phenols is 1. The van der Waals surface area contributed by atoms with Crippen LogP contribution < -0.4 is 15.4 Å². The third-order valence-corrected chi connectivity index (χ3v) is 5.48. The fourth-order valence-electron chi connectivity index (χ4n) is 3.83. The number of aliphatic imine (C=N–C) groups is 1. The van der Waals surface area contributed by atoms with E-state index < -0.39 is 0 Å². The summed E-state index contributed by atoms with van der Waals surface area (Å²) in [7, 11) is 3.39. The lowest BCUT2D eigenvalue weighted by atomic mass is 10.1. The molecule has 2 aromatic carbocycles. The topological polar surface area (TPSA) is 69.1 Å². The first-order valence-corrected chi connectivity index (χ1v) is 10.2. The second-order valence-electron chi connectivity index (χ2n) is 7.58. The van der Waals surface area contributed by atoms with Crippen LogP contribution >= 0.6 is 0 Å². The molecule has 3 N–H and O–H groups in total. The van der Waals surface area contributed by atoms with Crippen molar-refractivity contribution in [1.29, 1.82) is 0 Å². The van der Waals surface area contributed by atoms with Gasteiger partial charge in [-0.15, -0.1) is 0 Å². The standard InChI is InChI=1S/C23H32N4O2/c1-17-13-20(16-27(17)15-18-7-5-4-6-8-18)26-23(24-2)25-12-11-19-9-10-21(29-3)14-22(19)28/h4-10,14,17,20,28H,11-13,15-16H2,1-3H3,(H2,24,25,26). The molecule has 0 amide bonds. The van der Waals surface area contributed by atoms with Crippen LogP contribution in [0.2, 0.25) is 0 Å². The molecule has 1 heterocycles. The third-order valence-electron chi connectivity index (χ3n) is 5.48. The molecule has 2 unspecified atom stereocenters. The van der Waals surface area contributed by atoms with Crippen LogP contribution in [0.15, 0.2) is 53.5 Å². The Morgan fingerprint density at radius 1 is 1.24 bits per heavy atom. The third kappa shape index (κ3) is 5.87. The summed E-state index contributed by atoms with van der Waals surface area (Å²) < 4.78 is 5.13. The highest BCUT2D eigenvalue weighted by atomic mass is 16.5. The van der Waals surface area contributed by atoms with Crippen molar-refractivity contribution in [2.24, 2.45) is 4.99 Å². The first-order chi connectivity index (χ1) is 14.1. The van der Waals surface area contributed by atoms with Crippen LogP contribution in [-0.2, 0) is 13.0 Å². The van der Waals surface area contributed by atoms with Gasteiger partial charge in [0.15, 0.2) is 5.96 Å². The number of rotatable bonds is 7. The van der Waals surface area contributed by atoms with Gasteiger partial charge in [0.2, 0.25) is 0 Å². The van der Waals surface area contributed by atoms with Crippen molar-refractivity contribution in [1.82, 2.24) is 15.5 Å². The van der Waals surface area contributed by atoms with Crippen molar-refractivity contribution in [3.8, 4) is 11.5 Å². The van der Waals surface area contributed by atoms with Gasteiger partial charge in [0, 0.05) is 44.8 Å². The summed E-state index contributed by atoms with van der Waals surface area (Å²) in [4.78, 5) is 6.87. The van der Waals surface area contributed by atoms with Gasteiger partial charge in [-0.25, -0.2) is 0 Å². The lowest BCUT2D eigenvalue weighted by Gasteiger charge is -2.21. The Hall–Kier alpha value is -2.73. The predicted octanol–water partition coefficient (Wildman–Crippen LogP) is 2.77. The zero-order valence-corrected chi connectivity index (χ0v) is 17.6. The molecule has 0 spiro atoms. The lowest BCUT2D eigenvalue weighted by molar-refractivity contribution is 0.258. The highest BCUT2D eigenvalue weighted by Crippen LogP contribution is 2.23. The lowest BCUT2D eigenvalue weighted by Crippen LogP contribution is -2.45. The van der Waals surface area contributed by atoms with Crippen molar-refractivity contribution >= 4 is 5.96 Å². The zero-order chi connectivity index (χ0) is 20.6. The Bertz CT molecular complexity index is 810. The van der Waals surface area contributed by atoms with E-state index in [0.29, 0.717) is 30.8 Å². The summed E-state index contributed by atoms with van der Waals surface area (Å²) in [6, 6.07) is 16.9. The van der Waals surface area contributed by atoms with Gasteiger partial charge >= 0.3 is 0 Å². The highest BCUT2D eigenvalue weighted by molar-refractivity contribution is 5.80. The van der Waals surface area contributed by atoms with Gasteiger partial charge in [-0.1, -0.05) is 36.4 Å². The van der Waals surface area contributed by atoms with Gasteiger partial charge in [-0.3, -0.25) is 9.89 Å². The quantitative estimate of drug-likeness (QED) is 0.496. The number of nitrogens with zero attached hydrogens (tertiary/aromatic N) is 2. The van der Waals surface area contributed by atoms with Crippen molar-refractivity contribution in [2.75, 3.05) is 27.2 Å². The first-order valence-electron chi connectivity index (χ1n) is 10.2. The van der Waals surface area contributed by atoms with E-state index in [4.69, 9.17) is 4.74 Å². The molecule has 0 saturated carbocycles. The molecule has 0 radical (unpaired) electrons. The summed E-state index contributed by atoms with van der Waals surface area (Å²) in [6.45, 7) is 4.95. The molecule has 6 heteroatoms. The Morgan fingerprint density at radius 2 is 2.03 bits per heavy atom. The SMILES string of the molecule is CN=C(NCCc1ccc(OC)cc1O)NC1CC(C)N(Cc2ccccc2)C1. The minimum atomic E-state index is 0.260. The van der Waals surface area contributed by atoms with Gasteiger partial charge in [-0.2, -0.15) is 0 Å². The van der Waals surface area contributed by atoms with E-state index in [1.165, 1.54) is 5.56 Å². The first kappa shape index (κ1) is 21.0. The van der Waals surface area contributed by atoms with Gasteiger partial charge in [0.05, 0.1) is 7.11 Å². The van der Waals surface area contributed by atoms with Crippen LogP contribution in [0.1, 0.15) is 24.5 Å². The van der Waals surface area contributed by atoms with E-state index >= 15 is 0 Å². The van der Waals surface area contributed by atoms with E-state index in [9.17, 15) is 5.11 Å². The second-order valence-corrected chi connectivity index (χ2v) is 7.58. The predicted molar refractivity (Wildman–Crippen MR) is 118 cm³/mol. The summed E-state index contributed by atoms with van der Waals surface area (Å²) in [5.41, 5.74) is 2.24. The van der Waals surface area contributed by atoms with Crippen molar-refractivity contribution in [2.45, 2.75) is 38.4 Å². The smallest absolute Gasteiger partial charge is 0.191 e. The largest absolute Gasteiger partial charge is 0.508 e.